The molecule has 1 atom stereocenters. The molecule has 0 radical (unpaired) electrons. The van der Waals surface area contributed by atoms with Crippen LogP contribution in [0.5, 0.6) is 0 Å². The summed E-state index contributed by atoms with van der Waals surface area (Å²) in [5.41, 5.74) is 2.73. The average Bonchev–Trinajstić information content (AvgIpc) is 2.39. The van der Waals surface area contributed by atoms with Gasteiger partial charge in [0.25, 0.3) is 0 Å². The zero-order chi connectivity index (χ0) is 13.1. The first-order valence-electron chi connectivity index (χ1n) is 6.39. The number of rotatable bonds is 4. The number of anilines is 1. The van der Waals surface area contributed by atoms with Gasteiger partial charge in [0.05, 0.1) is 0 Å². The SMILES string of the molecule is C=C(CN1c2ccccc2CCC1CC)C(=O)O. The van der Waals surface area contributed by atoms with Gasteiger partial charge in [0.1, 0.15) is 0 Å². The second-order valence-corrected chi connectivity index (χ2v) is 4.77. The number of para-hydroxylation sites is 1. The molecule has 18 heavy (non-hydrogen) atoms. The Morgan fingerprint density at radius 2 is 2.22 bits per heavy atom. The Labute approximate surface area is 108 Å². The maximum atomic E-state index is 11.0. The number of carboxylic acid groups (broad SMARTS) is 1. The molecule has 0 aliphatic carbocycles. The van der Waals surface area contributed by atoms with Crippen molar-refractivity contribution in [2.45, 2.75) is 32.2 Å². The third-order valence-electron chi connectivity index (χ3n) is 3.62. The molecule has 0 saturated heterocycles. The first-order valence-corrected chi connectivity index (χ1v) is 6.39. The molecule has 3 heteroatoms. The van der Waals surface area contributed by atoms with Crippen molar-refractivity contribution in [3.05, 3.63) is 42.0 Å². The van der Waals surface area contributed by atoms with Crippen molar-refractivity contribution in [2.24, 2.45) is 0 Å². The summed E-state index contributed by atoms with van der Waals surface area (Å²) >= 11 is 0. The van der Waals surface area contributed by atoms with Crippen molar-refractivity contribution in [1.29, 1.82) is 0 Å². The van der Waals surface area contributed by atoms with Crippen LogP contribution in [-0.2, 0) is 11.2 Å². The summed E-state index contributed by atoms with van der Waals surface area (Å²) in [6.07, 6.45) is 3.19. The third-order valence-corrected chi connectivity index (χ3v) is 3.62. The van der Waals surface area contributed by atoms with Crippen LogP contribution in [0.25, 0.3) is 0 Å². The molecule has 3 nitrogen and oxygen atoms in total. The highest BCUT2D eigenvalue weighted by molar-refractivity contribution is 5.87. The molecule has 0 saturated carbocycles. The molecule has 1 heterocycles. The van der Waals surface area contributed by atoms with Gasteiger partial charge in [-0.05, 0) is 30.9 Å². The van der Waals surface area contributed by atoms with E-state index in [1.165, 1.54) is 5.56 Å². The zero-order valence-electron chi connectivity index (χ0n) is 10.7. The minimum absolute atomic E-state index is 0.255. The van der Waals surface area contributed by atoms with Gasteiger partial charge >= 0.3 is 5.97 Å². The molecule has 1 N–H and O–H groups in total. The van der Waals surface area contributed by atoms with Crippen LogP contribution < -0.4 is 4.90 Å². The van der Waals surface area contributed by atoms with Gasteiger partial charge in [0.2, 0.25) is 0 Å². The Morgan fingerprint density at radius 1 is 1.50 bits per heavy atom. The van der Waals surface area contributed by atoms with E-state index in [0.29, 0.717) is 12.6 Å². The molecule has 1 unspecified atom stereocenters. The van der Waals surface area contributed by atoms with Crippen molar-refractivity contribution in [2.75, 3.05) is 11.4 Å². The molecule has 0 aromatic heterocycles. The predicted octanol–water partition coefficient (Wildman–Crippen LogP) is 2.86. The van der Waals surface area contributed by atoms with E-state index in [2.05, 4.69) is 30.5 Å². The Morgan fingerprint density at radius 3 is 2.89 bits per heavy atom. The molecule has 1 aliphatic rings. The van der Waals surface area contributed by atoms with E-state index >= 15 is 0 Å². The minimum atomic E-state index is -0.909. The van der Waals surface area contributed by atoms with E-state index in [4.69, 9.17) is 5.11 Å². The maximum absolute atomic E-state index is 11.0. The second kappa shape index (κ2) is 5.25. The van der Waals surface area contributed by atoms with Crippen molar-refractivity contribution in [1.82, 2.24) is 0 Å². The van der Waals surface area contributed by atoms with E-state index in [1.54, 1.807) is 0 Å². The summed E-state index contributed by atoms with van der Waals surface area (Å²) in [4.78, 5) is 13.1. The van der Waals surface area contributed by atoms with Gasteiger partial charge < -0.3 is 10.0 Å². The number of aliphatic carboxylic acids is 1. The lowest BCUT2D eigenvalue weighted by Gasteiger charge is -2.38. The molecule has 1 aliphatic heterocycles. The molecule has 0 bridgehead atoms. The molecule has 0 spiro atoms. The maximum Gasteiger partial charge on any atom is 0.332 e. The summed E-state index contributed by atoms with van der Waals surface area (Å²) < 4.78 is 0. The van der Waals surface area contributed by atoms with E-state index in [1.807, 2.05) is 12.1 Å². The van der Waals surface area contributed by atoms with Crippen LogP contribution in [0.4, 0.5) is 5.69 Å². The van der Waals surface area contributed by atoms with Gasteiger partial charge in [0.15, 0.2) is 0 Å². The van der Waals surface area contributed by atoms with Crippen molar-refractivity contribution in [3.63, 3.8) is 0 Å². The number of aryl methyl sites for hydroxylation is 1. The molecular formula is C15H19NO2. The lowest BCUT2D eigenvalue weighted by atomic mass is 9.94. The van der Waals surface area contributed by atoms with E-state index < -0.39 is 5.97 Å². The summed E-state index contributed by atoms with van der Waals surface area (Å²) in [6.45, 7) is 6.20. The van der Waals surface area contributed by atoms with Gasteiger partial charge in [-0.15, -0.1) is 0 Å². The molecular weight excluding hydrogens is 226 g/mol. The van der Waals surface area contributed by atoms with Crippen LogP contribution in [0.1, 0.15) is 25.3 Å². The zero-order valence-corrected chi connectivity index (χ0v) is 10.7. The van der Waals surface area contributed by atoms with Gasteiger partial charge in [-0.3, -0.25) is 0 Å². The molecule has 0 amide bonds. The monoisotopic (exact) mass is 245 g/mol. The number of nitrogens with zero attached hydrogens (tertiary/aromatic N) is 1. The number of fused-ring (bicyclic) bond motifs is 1. The van der Waals surface area contributed by atoms with Crippen LogP contribution >= 0.6 is 0 Å². The number of benzene rings is 1. The van der Waals surface area contributed by atoms with Crippen molar-refractivity contribution < 1.29 is 9.90 Å². The van der Waals surface area contributed by atoms with Gasteiger partial charge in [-0.25, -0.2) is 4.79 Å². The van der Waals surface area contributed by atoms with Crippen molar-refractivity contribution >= 4 is 11.7 Å². The van der Waals surface area contributed by atoms with Crippen LogP contribution in [0, 0.1) is 0 Å². The normalized spacial score (nSPS) is 18.3. The fraction of sp³-hybridized carbons (Fsp3) is 0.400. The number of carbonyl (C=O) groups is 1. The smallest absolute Gasteiger partial charge is 0.332 e. The van der Waals surface area contributed by atoms with Crippen LogP contribution in [0.15, 0.2) is 36.4 Å². The first-order chi connectivity index (χ1) is 8.63. The lowest BCUT2D eigenvalue weighted by molar-refractivity contribution is -0.132. The highest BCUT2D eigenvalue weighted by atomic mass is 16.4. The van der Waals surface area contributed by atoms with E-state index in [-0.39, 0.29) is 5.57 Å². The Bertz CT molecular complexity index is 467. The molecule has 2 rings (SSSR count). The van der Waals surface area contributed by atoms with E-state index in [9.17, 15) is 4.79 Å². The fourth-order valence-corrected chi connectivity index (χ4v) is 2.59. The minimum Gasteiger partial charge on any atom is -0.478 e. The third kappa shape index (κ3) is 2.40. The quantitative estimate of drug-likeness (QED) is 0.829. The van der Waals surface area contributed by atoms with Gasteiger partial charge in [0, 0.05) is 23.8 Å². The van der Waals surface area contributed by atoms with E-state index in [0.717, 1.165) is 24.9 Å². The lowest BCUT2D eigenvalue weighted by Crippen LogP contribution is -2.40. The average molecular weight is 245 g/mol. The molecule has 0 fully saturated rings. The van der Waals surface area contributed by atoms with Gasteiger partial charge in [-0.2, -0.15) is 0 Å². The standard InChI is InChI=1S/C15H19NO2/c1-3-13-9-8-12-6-4-5-7-14(12)16(13)10-11(2)15(17)18/h4-7,13H,2-3,8-10H2,1H3,(H,17,18). The fourth-order valence-electron chi connectivity index (χ4n) is 2.59. The highest BCUT2D eigenvalue weighted by Crippen LogP contribution is 2.32. The summed E-state index contributed by atoms with van der Waals surface area (Å²) in [6, 6.07) is 8.66. The predicted molar refractivity (Wildman–Crippen MR) is 73.0 cm³/mol. The highest BCUT2D eigenvalue weighted by Gasteiger charge is 2.25. The Balaban J connectivity index is 2.29. The number of hydrogen-bond acceptors (Lipinski definition) is 2. The number of carboxylic acids is 1. The second-order valence-electron chi connectivity index (χ2n) is 4.77. The van der Waals surface area contributed by atoms with Crippen molar-refractivity contribution in [3.8, 4) is 0 Å². The first kappa shape index (κ1) is 12.7. The summed E-state index contributed by atoms with van der Waals surface area (Å²) in [5.74, 6) is -0.909. The Hall–Kier alpha value is -1.77. The van der Waals surface area contributed by atoms with Gasteiger partial charge in [-0.1, -0.05) is 31.7 Å². The molecule has 96 valence electrons. The van der Waals surface area contributed by atoms with Crippen LogP contribution in [0.2, 0.25) is 0 Å². The van der Waals surface area contributed by atoms with Crippen LogP contribution in [-0.4, -0.2) is 23.7 Å². The molecule has 1 aromatic carbocycles. The molecule has 1 aromatic rings. The topological polar surface area (TPSA) is 40.5 Å². The number of hydrogen-bond donors (Lipinski definition) is 1. The van der Waals surface area contributed by atoms with Crippen LogP contribution in [0.3, 0.4) is 0 Å². The summed E-state index contributed by atoms with van der Waals surface area (Å²) in [7, 11) is 0. The largest absolute Gasteiger partial charge is 0.478 e. The Kier molecular flexibility index (Phi) is 3.70. The summed E-state index contributed by atoms with van der Waals surface area (Å²) in [5, 5.41) is 8.99.